The number of rotatable bonds is 5. The first kappa shape index (κ1) is 13.3. The van der Waals surface area contributed by atoms with Crippen LogP contribution < -0.4 is 5.32 Å². The molecular formula is C10H17NO4S. The Morgan fingerprint density at radius 3 is 2.75 bits per heavy atom. The summed E-state index contributed by atoms with van der Waals surface area (Å²) < 4.78 is 4.87. The third-order valence-electron chi connectivity index (χ3n) is 2.66. The zero-order valence-electron chi connectivity index (χ0n) is 9.49. The second-order valence-corrected chi connectivity index (χ2v) is 5.14. The zero-order chi connectivity index (χ0) is 12.2. The molecule has 1 aliphatic rings. The molecule has 0 aromatic heterocycles. The highest BCUT2D eigenvalue weighted by Gasteiger charge is 2.43. The Kier molecular flexibility index (Phi) is 4.61. The molecule has 2 unspecified atom stereocenters. The van der Waals surface area contributed by atoms with E-state index in [-0.39, 0.29) is 11.8 Å². The highest BCUT2D eigenvalue weighted by atomic mass is 32.2. The second-order valence-electron chi connectivity index (χ2n) is 4.04. The molecule has 0 aromatic rings. The van der Waals surface area contributed by atoms with E-state index in [9.17, 15) is 9.59 Å². The summed E-state index contributed by atoms with van der Waals surface area (Å²) in [5.41, 5.74) is -1.08. The summed E-state index contributed by atoms with van der Waals surface area (Å²) in [5, 5.41) is 11.8. The third-order valence-corrected chi connectivity index (χ3v) is 3.85. The number of carbonyl (C=O) groups excluding carboxylic acids is 1. The summed E-state index contributed by atoms with van der Waals surface area (Å²) in [6.45, 7) is 2.02. The first-order valence-electron chi connectivity index (χ1n) is 5.14. The summed E-state index contributed by atoms with van der Waals surface area (Å²) in [4.78, 5) is 22.9. The smallest absolute Gasteiger partial charge is 0.330 e. The van der Waals surface area contributed by atoms with E-state index in [0.29, 0.717) is 18.8 Å². The van der Waals surface area contributed by atoms with Crippen LogP contribution in [0, 0.1) is 5.92 Å². The number of ether oxygens (including phenoxy) is 1. The maximum absolute atomic E-state index is 11.7. The highest BCUT2D eigenvalue weighted by molar-refractivity contribution is 7.99. The van der Waals surface area contributed by atoms with Crippen molar-refractivity contribution in [1.29, 1.82) is 0 Å². The number of carboxylic acid groups (broad SMARTS) is 1. The van der Waals surface area contributed by atoms with Crippen molar-refractivity contribution in [2.75, 3.05) is 25.2 Å². The molecule has 0 aromatic carbocycles. The quantitative estimate of drug-likeness (QED) is 0.733. The first-order valence-corrected chi connectivity index (χ1v) is 6.29. The number of thioether (sulfide) groups is 1. The van der Waals surface area contributed by atoms with Crippen LogP contribution >= 0.6 is 11.8 Å². The van der Waals surface area contributed by atoms with Crippen LogP contribution in [0.3, 0.4) is 0 Å². The molecule has 1 rings (SSSR count). The Bertz CT molecular complexity index is 276. The van der Waals surface area contributed by atoms with E-state index >= 15 is 0 Å². The van der Waals surface area contributed by atoms with Crippen LogP contribution in [0.25, 0.3) is 0 Å². The predicted molar refractivity (Wildman–Crippen MR) is 61.5 cm³/mol. The average molecular weight is 247 g/mol. The number of aliphatic carboxylic acids is 1. The maximum Gasteiger partial charge on any atom is 0.330 e. The maximum atomic E-state index is 11.7. The topological polar surface area (TPSA) is 75.6 Å². The van der Waals surface area contributed by atoms with Crippen LogP contribution in [0.1, 0.15) is 13.3 Å². The lowest BCUT2D eigenvalue weighted by Crippen LogP contribution is -2.56. The summed E-state index contributed by atoms with van der Waals surface area (Å²) in [5.74, 6) is -0.326. The van der Waals surface area contributed by atoms with Crippen LogP contribution in [0.2, 0.25) is 0 Å². The van der Waals surface area contributed by atoms with Gasteiger partial charge in [-0.05, 0) is 12.2 Å². The fourth-order valence-electron chi connectivity index (χ4n) is 1.57. The van der Waals surface area contributed by atoms with E-state index in [1.165, 1.54) is 7.11 Å². The molecule has 0 aliphatic carbocycles. The van der Waals surface area contributed by atoms with E-state index in [4.69, 9.17) is 9.84 Å². The molecule has 2 atom stereocenters. The van der Waals surface area contributed by atoms with Crippen LogP contribution in [0.5, 0.6) is 0 Å². The normalized spacial score (nSPS) is 26.4. The molecule has 0 saturated carbocycles. The minimum atomic E-state index is -1.08. The molecule has 6 heteroatoms. The summed E-state index contributed by atoms with van der Waals surface area (Å²) in [6.07, 6.45) is 0.485. The minimum absolute atomic E-state index is 0.258. The van der Waals surface area contributed by atoms with Crippen molar-refractivity contribution in [3.05, 3.63) is 0 Å². The van der Waals surface area contributed by atoms with Crippen LogP contribution in [-0.2, 0) is 14.3 Å². The number of nitrogens with one attached hydrogen (secondary N) is 1. The molecule has 2 N–H and O–H groups in total. The molecule has 0 radical (unpaired) electrons. The number of carboxylic acids is 1. The lowest BCUT2D eigenvalue weighted by atomic mass is 9.98. The summed E-state index contributed by atoms with van der Waals surface area (Å²) in [7, 11) is 1.52. The fraction of sp³-hybridized carbons (Fsp3) is 0.800. The molecule has 1 heterocycles. The Hall–Kier alpha value is -0.750. The molecule has 1 saturated heterocycles. The van der Waals surface area contributed by atoms with Crippen molar-refractivity contribution < 1.29 is 19.4 Å². The van der Waals surface area contributed by atoms with Crippen molar-refractivity contribution in [1.82, 2.24) is 5.32 Å². The lowest BCUT2D eigenvalue weighted by Gasteiger charge is -2.26. The van der Waals surface area contributed by atoms with E-state index in [1.54, 1.807) is 18.7 Å². The van der Waals surface area contributed by atoms with Gasteiger partial charge in [-0.3, -0.25) is 4.79 Å². The number of methoxy groups -OCH3 is 1. The van der Waals surface area contributed by atoms with Crippen molar-refractivity contribution in [2.24, 2.45) is 5.92 Å². The Balaban J connectivity index is 2.62. The Labute approximate surface area is 98.9 Å². The molecular weight excluding hydrogens is 230 g/mol. The number of hydrogen-bond donors (Lipinski definition) is 2. The van der Waals surface area contributed by atoms with Crippen molar-refractivity contribution in [3.63, 3.8) is 0 Å². The van der Waals surface area contributed by atoms with Crippen LogP contribution in [0.4, 0.5) is 0 Å². The van der Waals surface area contributed by atoms with E-state index in [2.05, 4.69) is 5.32 Å². The SMILES string of the molecule is COCC(C)C(=O)NC1(C(=O)O)CCSC1. The predicted octanol–water partition coefficient (Wildman–Crippen LogP) is 0.345. The van der Waals surface area contributed by atoms with Crippen LogP contribution in [0.15, 0.2) is 0 Å². The summed E-state index contributed by atoms with van der Waals surface area (Å²) in [6, 6.07) is 0. The van der Waals surface area contributed by atoms with Gasteiger partial charge in [-0.2, -0.15) is 11.8 Å². The van der Waals surface area contributed by atoms with Gasteiger partial charge in [0.1, 0.15) is 5.54 Å². The molecule has 1 aliphatic heterocycles. The second kappa shape index (κ2) is 5.54. The van der Waals surface area contributed by atoms with Gasteiger partial charge >= 0.3 is 5.97 Å². The number of amides is 1. The fourth-order valence-corrected chi connectivity index (χ4v) is 2.90. The summed E-state index contributed by atoms with van der Waals surface area (Å²) >= 11 is 1.55. The van der Waals surface area contributed by atoms with Gasteiger partial charge in [0, 0.05) is 12.9 Å². The Morgan fingerprint density at radius 2 is 2.31 bits per heavy atom. The molecule has 92 valence electrons. The molecule has 1 amide bonds. The first-order chi connectivity index (χ1) is 7.52. The highest BCUT2D eigenvalue weighted by Crippen LogP contribution is 2.28. The minimum Gasteiger partial charge on any atom is -0.479 e. The molecule has 5 nitrogen and oxygen atoms in total. The van der Waals surface area contributed by atoms with Gasteiger partial charge in [-0.1, -0.05) is 6.92 Å². The Morgan fingerprint density at radius 1 is 1.62 bits per heavy atom. The van der Waals surface area contributed by atoms with Crippen LogP contribution in [-0.4, -0.2) is 47.7 Å². The van der Waals surface area contributed by atoms with E-state index in [1.807, 2.05) is 0 Å². The molecule has 0 spiro atoms. The van der Waals surface area contributed by atoms with Gasteiger partial charge in [-0.25, -0.2) is 4.79 Å². The lowest BCUT2D eigenvalue weighted by molar-refractivity contribution is -0.147. The average Bonchev–Trinajstić information content (AvgIpc) is 2.68. The molecule has 0 bridgehead atoms. The van der Waals surface area contributed by atoms with Gasteiger partial charge in [0.2, 0.25) is 5.91 Å². The monoisotopic (exact) mass is 247 g/mol. The molecule has 16 heavy (non-hydrogen) atoms. The number of carbonyl (C=O) groups is 2. The van der Waals surface area contributed by atoms with Gasteiger partial charge < -0.3 is 15.2 Å². The third kappa shape index (κ3) is 2.89. The zero-order valence-corrected chi connectivity index (χ0v) is 10.3. The van der Waals surface area contributed by atoms with Gasteiger partial charge in [0.25, 0.3) is 0 Å². The van der Waals surface area contributed by atoms with Gasteiger partial charge in [0.15, 0.2) is 0 Å². The van der Waals surface area contributed by atoms with E-state index in [0.717, 1.165) is 5.75 Å². The van der Waals surface area contributed by atoms with Crippen molar-refractivity contribution in [2.45, 2.75) is 18.9 Å². The van der Waals surface area contributed by atoms with E-state index < -0.39 is 11.5 Å². The molecule has 1 fully saturated rings. The largest absolute Gasteiger partial charge is 0.479 e. The van der Waals surface area contributed by atoms with Gasteiger partial charge in [-0.15, -0.1) is 0 Å². The van der Waals surface area contributed by atoms with Gasteiger partial charge in [0.05, 0.1) is 12.5 Å². The number of hydrogen-bond acceptors (Lipinski definition) is 4. The van der Waals surface area contributed by atoms with Crippen molar-refractivity contribution >= 4 is 23.6 Å². The standard InChI is InChI=1S/C10H17NO4S/c1-7(5-15-2)8(12)11-10(9(13)14)3-4-16-6-10/h7H,3-6H2,1-2H3,(H,11,12)(H,13,14). The van der Waals surface area contributed by atoms with Crippen molar-refractivity contribution in [3.8, 4) is 0 Å².